The maximum absolute atomic E-state index is 5.26. The van der Waals surface area contributed by atoms with Crippen molar-refractivity contribution >= 4 is 76.8 Å². The van der Waals surface area contributed by atoms with Crippen LogP contribution in [0.1, 0.15) is 22.9 Å². The van der Waals surface area contributed by atoms with E-state index >= 15 is 0 Å². The number of para-hydroxylation sites is 2. The fourth-order valence-electron chi connectivity index (χ4n) is 9.14. The van der Waals surface area contributed by atoms with Gasteiger partial charge in [0.15, 0.2) is 5.84 Å². The summed E-state index contributed by atoms with van der Waals surface area (Å²) in [4.78, 5) is 10.5. The van der Waals surface area contributed by atoms with Gasteiger partial charge in [0, 0.05) is 43.4 Å². The van der Waals surface area contributed by atoms with Gasteiger partial charge in [-0.1, -0.05) is 158 Å². The number of nitrogens with one attached hydrogen (secondary N) is 1. The number of aromatic nitrogens is 2. The summed E-state index contributed by atoms with van der Waals surface area (Å²) in [6.45, 7) is 0. The first-order chi connectivity index (χ1) is 28.8. The molecule has 0 amide bonds. The zero-order valence-electron chi connectivity index (χ0n) is 31.4. The highest BCUT2D eigenvalue weighted by atomic mass is 15.2. The fourth-order valence-corrected chi connectivity index (χ4v) is 9.14. The number of fused-ring (bicyclic) bond motifs is 8. The normalized spacial score (nSPS) is 14.4. The first kappa shape index (κ1) is 32.5. The Bertz CT molecular complexity index is 3480. The zero-order chi connectivity index (χ0) is 38.2. The average molecular weight is 742 g/mol. The number of hydrogen-bond acceptors (Lipinski definition) is 3. The van der Waals surface area contributed by atoms with E-state index in [0.29, 0.717) is 5.84 Å². The Morgan fingerprint density at radius 3 is 1.66 bits per heavy atom. The molecule has 1 unspecified atom stereocenters. The van der Waals surface area contributed by atoms with Gasteiger partial charge in [-0.25, -0.2) is 9.98 Å². The second-order valence-electron chi connectivity index (χ2n) is 15.0. The molecule has 5 nitrogen and oxygen atoms in total. The van der Waals surface area contributed by atoms with Crippen LogP contribution in [0.4, 0.5) is 0 Å². The van der Waals surface area contributed by atoms with Crippen LogP contribution >= 0.6 is 0 Å². The molecule has 1 aliphatic rings. The molecule has 1 aliphatic heterocycles. The van der Waals surface area contributed by atoms with Gasteiger partial charge in [-0.3, -0.25) is 0 Å². The van der Waals surface area contributed by atoms with Crippen molar-refractivity contribution in [3.8, 4) is 11.4 Å². The highest BCUT2D eigenvalue weighted by Crippen LogP contribution is 2.42. The molecular formula is C53H35N5. The van der Waals surface area contributed by atoms with Crippen LogP contribution in [-0.2, 0) is 0 Å². The monoisotopic (exact) mass is 741 g/mol. The zero-order valence-corrected chi connectivity index (χ0v) is 31.4. The van der Waals surface area contributed by atoms with E-state index in [9.17, 15) is 0 Å². The Morgan fingerprint density at radius 1 is 0.397 bits per heavy atom. The van der Waals surface area contributed by atoms with Crippen molar-refractivity contribution in [2.24, 2.45) is 9.98 Å². The Labute approximate surface area is 334 Å². The standard InChI is InChI=1S/C53H35N5/c1-3-17-35(18-4-1)51-54-52(36-19-5-2-6-20-36)56-53(55-51)42-30-31-48(39-24-10-9-23-38(39)42)58-47-28-14-12-26-41(47)44-32-43-40-25-11-13-27-46(40)57(49(43)33-50(44)58)45-29-15-21-34-16-7-8-22-37(34)45/h1-33,51H,(H,54,55,56). The van der Waals surface area contributed by atoms with Crippen LogP contribution in [-0.4, -0.2) is 20.8 Å². The molecular weight excluding hydrogens is 707 g/mol. The third-order valence-corrected chi connectivity index (χ3v) is 11.8. The van der Waals surface area contributed by atoms with E-state index in [1.807, 2.05) is 24.3 Å². The van der Waals surface area contributed by atoms with Crippen LogP contribution in [0.3, 0.4) is 0 Å². The molecule has 12 rings (SSSR count). The van der Waals surface area contributed by atoms with E-state index in [1.165, 1.54) is 49.0 Å². The number of aliphatic imine (C=N–C) groups is 2. The van der Waals surface area contributed by atoms with Gasteiger partial charge in [-0.05, 0) is 58.8 Å². The molecule has 1 atom stereocenters. The highest BCUT2D eigenvalue weighted by Gasteiger charge is 2.24. The van der Waals surface area contributed by atoms with Crippen molar-refractivity contribution in [1.82, 2.24) is 14.5 Å². The number of rotatable bonds is 5. The molecule has 58 heavy (non-hydrogen) atoms. The van der Waals surface area contributed by atoms with E-state index in [0.717, 1.165) is 50.0 Å². The number of nitrogens with zero attached hydrogens (tertiary/aromatic N) is 4. The van der Waals surface area contributed by atoms with Crippen LogP contribution in [0, 0.1) is 0 Å². The lowest BCUT2D eigenvalue weighted by molar-refractivity contribution is 0.674. The molecule has 0 aliphatic carbocycles. The summed E-state index contributed by atoms with van der Waals surface area (Å²) in [7, 11) is 0. The summed E-state index contributed by atoms with van der Waals surface area (Å²) in [6.07, 6.45) is -0.282. The summed E-state index contributed by atoms with van der Waals surface area (Å²) in [5.41, 5.74) is 10.1. The van der Waals surface area contributed by atoms with Crippen molar-refractivity contribution in [1.29, 1.82) is 0 Å². The fraction of sp³-hybridized carbons (Fsp3) is 0.0189. The first-order valence-corrected chi connectivity index (χ1v) is 19.8. The summed E-state index contributed by atoms with van der Waals surface area (Å²) in [6, 6.07) is 71.6. The number of benzene rings is 9. The molecule has 0 fully saturated rings. The van der Waals surface area contributed by atoms with E-state index in [-0.39, 0.29) is 6.17 Å². The van der Waals surface area contributed by atoms with Crippen molar-refractivity contribution in [3.63, 3.8) is 0 Å². The maximum atomic E-state index is 5.26. The molecule has 1 N–H and O–H groups in total. The Kier molecular flexibility index (Phi) is 7.23. The van der Waals surface area contributed by atoms with Crippen LogP contribution in [0.25, 0.3) is 76.5 Å². The lowest BCUT2D eigenvalue weighted by atomic mass is 10.0. The molecule has 5 heteroatoms. The molecule has 0 spiro atoms. The third-order valence-electron chi connectivity index (χ3n) is 11.8. The Morgan fingerprint density at radius 2 is 0.948 bits per heavy atom. The predicted octanol–water partition coefficient (Wildman–Crippen LogP) is 12.7. The topological polar surface area (TPSA) is 46.6 Å². The van der Waals surface area contributed by atoms with Gasteiger partial charge in [0.25, 0.3) is 0 Å². The second kappa shape index (κ2) is 12.9. The van der Waals surface area contributed by atoms with E-state index in [1.54, 1.807) is 0 Å². The molecule has 0 bridgehead atoms. The van der Waals surface area contributed by atoms with Gasteiger partial charge in [-0.15, -0.1) is 0 Å². The van der Waals surface area contributed by atoms with Gasteiger partial charge in [-0.2, -0.15) is 0 Å². The second-order valence-corrected chi connectivity index (χ2v) is 15.0. The van der Waals surface area contributed by atoms with Crippen molar-refractivity contribution in [3.05, 3.63) is 217 Å². The van der Waals surface area contributed by atoms with E-state index in [4.69, 9.17) is 9.98 Å². The van der Waals surface area contributed by atoms with Gasteiger partial charge in [0.05, 0.1) is 33.4 Å². The largest absolute Gasteiger partial charge is 0.344 e. The summed E-state index contributed by atoms with van der Waals surface area (Å²) in [5.74, 6) is 1.51. The quantitative estimate of drug-likeness (QED) is 0.188. The summed E-state index contributed by atoms with van der Waals surface area (Å²) >= 11 is 0. The molecule has 3 heterocycles. The van der Waals surface area contributed by atoms with Crippen LogP contribution < -0.4 is 5.32 Å². The lowest BCUT2D eigenvalue weighted by Gasteiger charge is -2.24. The van der Waals surface area contributed by atoms with Gasteiger partial charge in [0.1, 0.15) is 12.0 Å². The molecule has 2 aromatic heterocycles. The molecule has 0 saturated heterocycles. The Balaban J connectivity index is 1.12. The van der Waals surface area contributed by atoms with E-state index < -0.39 is 0 Å². The third kappa shape index (κ3) is 4.97. The van der Waals surface area contributed by atoms with Crippen molar-refractivity contribution < 1.29 is 0 Å². The van der Waals surface area contributed by atoms with Crippen molar-refractivity contribution in [2.75, 3.05) is 0 Å². The molecule has 272 valence electrons. The van der Waals surface area contributed by atoms with Crippen LogP contribution in [0.2, 0.25) is 0 Å². The average Bonchev–Trinajstić information content (AvgIpc) is 3.79. The number of amidine groups is 2. The molecule has 11 aromatic rings. The van der Waals surface area contributed by atoms with Gasteiger partial charge < -0.3 is 14.5 Å². The first-order valence-electron chi connectivity index (χ1n) is 19.8. The van der Waals surface area contributed by atoms with Gasteiger partial charge >= 0.3 is 0 Å². The number of hydrogen-bond donors (Lipinski definition) is 1. The minimum Gasteiger partial charge on any atom is -0.344 e. The molecule has 0 radical (unpaired) electrons. The highest BCUT2D eigenvalue weighted by molar-refractivity contribution is 6.22. The maximum Gasteiger partial charge on any atom is 0.160 e. The lowest BCUT2D eigenvalue weighted by Crippen LogP contribution is -2.33. The predicted molar refractivity (Wildman–Crippen MR) is 242 cm³/mol. The minimum atomic E-state index is -0.282. The summed E-state index contributed by atoms with van der Waals surface area (Å²) < 4.78 is 4.91. The van der Waals surface area contributed by atoms with E-state index in [2.05, 4.69) is 190 Å². The van der Waals surface area contributed by atoms with Crippen molar-refractivity contribution in [2.45, 2.75) is 6.17 Å². The molecule has 0 saturated carbocycles. The Hall–Kier alpha value is -7.76. The van der Waals surface area contributed by atoms with Gasteiger partial charge in [0.2, 0.25) is 0 Å². The van der Waals surface area contributed by atoms with Crippen LogP contribution in [0.15, 0.2) is 210 Å². The summed E-state index contributed by atoms with van der Waals surface area (Å²) in [5, 5.41) is 13.2. The SMILES string of the molecule is c1ccc(C2=NC(c3ccc(-n4c5ccccc5c5cc6c7ccccc7n(-c7cccc8ccccc78)c6cc54)c4ccccc34)=NC(c3ccccc3)N2)cc1. The smallest absolute Gasteiger partial charge is 0.160 e. The van der Waals surface area contributed by atoms with Crippen LogP contribution in [0.5, 0.6) is 0 Å². The minimum absolute atomic E-state index is 0.282. The molecule has 9 aromatic carbocycles.